The molecule has 3 aromatic rings. The number of likely N-dealkylation sites (N-methyl/N-ethyl adjacent to an activating group) is 1. The fourth-order valence-corrected chi connectivity index (χ4v) is 4.62. The largest absolute Gasteiger partial charge is 0.378 e. The summed E-state index contributed by atoms with van der Waals surface area (Å²) in [6.07, 6.45) is 7.86. The maximum Gasteiger partial charge on any atom is 0.227 e. The van der Waals surface area contributed by atoms with Gasteiger partial charge in [0.25, 0.3) is 0 Å². The van der Waals surface area contributed by atoms with E-state index in [4.69, 9.17) is 19.8 Å². The van der Waals surface area contributed by atoms with E-state index in [1.165, 1.54) is 0 Å². The second-order valence-electron chi connectivity index (χ2n) is 10.0. The molecule has 2 aliphatic rings. The number of piperidine rings is 1. The average Bonchev–Trinajstić information content (AvgIpc) is 3.30. The number of aromatic nitrogens is 5. The molecule has 9 heteroatoms. The molecule has 2 fully saturated rings. The van der Waals surface area contributed by atoms with Crippen molar-refractivity contribution in [2.24, 2.45) is 0 Å². The average molecular weight is 451 g/mol. The summed E-state index contributed by atoms with van der Waals surface area (Å²) in [7, 11) is 2.11. The van der Waals surface area contributed by atoms with Gasteiger partial charge in [0, 0.05) is 63.3 Å². The minimum Gasteiger partial charge on any atom is -0.378 e. The number of ether oxygens (including phenoxy) is 1. The first-order chi connectivity index (χ1) is 15.9. The molecule has 33 heavy (non-hydrogen) atoms. The van der Waals surface area contributed by atoms with Gasteiger partial charge in [-0.25, -0.2) is 14.5 Å². The highest BCUT2D eigenvalue weighted by Crippen LogP contribution is 2.29. The van der Waals surface area contributed by atoms with Crippen molar-refractivity contribution in [1.82, 2.24) is 24.6 Å². The van der Waals surface area contributed by atoms with E-state index >= 15 is 0 Å². The number of hydrogen-bond donors (Lipinski definition) is 0. The third kappa shape index (κ3) is 4.46. The van der Waals surface area contributed by atoms with Gasteiger partial charge in [0.05, 0.1) is 18.9 Å². The van der Waals surface area contributed by atoms with Gasteiger partial charge in [0.15, 0.2) is 5.82 Å². The van der Waals surface area contributed by atoms with Crippen LogP contribution in [0.1, 0.15) is 39.3 Å². The Hall–Kier alpha value is -2.94. The second kappa shape index (κ2) is 8.78. The molecule has 1 unspecified atom stereocenters. The molecule has 2 saturated heterocycles. The van der Waals surface area contributed by atoms with E-state index in [0.717, 1.165) is 81.0 Å². The summed E-state index contributed by atoms with van der Waals surface area (Å²) in [6, 6.07) is 4.49. The van der Waals surface area contributed by atoms with E-state index < -0.39 is 0 Å². The molecule has 0 amide bonds. The normalized spacial score (nSPS) is 19.8. The minimum absolute atomic E-state index is 0.00320. The highest BCUT2D eigenvalue weighted by atomic mass is 16.5. The van der Waals surface area contributed by atoms with Gasteiger partial charge in [-0.3, -0.25) is 0 Å². The first kappa shape index (κ1) is 21.9. The summed E-state index contributed by atoms with van der Waals surface area (Å²) in [5.41, 5.74) is 2.14. The van der Waals surface area contributed by atoms with Crippen LogP contribution < -0.4 is 14.7 Å². The maximum absolute atomic E-state index is 5.49. The summed E-state index contributed by atoms with van der Waals surface area (Å²) in [5, 5.41) is 4.80. The first-order valence-corrected chi connectivity index (χ1v) is 11.9. The smallest absolute Gasteiger partial charge is 0.227 e. The predicted molar refractivity (Wildman–Crippen MR) is 130 cm³/mol. The lowest BCUT2D eigenvalue weighted by atomic mass is 9.92. The second-order valence-corrected chi connectivity index (χ2v) is 10.0. The summed E-state index contributed by atoms with van der Waals surface area (Å²) >= 11 is 0. The molecule has 5 rings (SSSR count). The van der Waals surface area contributed by atoms with Crippen molar-refractivity contribution < 1.29 is 4.74 Å². The van der Waals surface area contributed by atoms with Gasteiger partial charge in [-0.15, -0.1) is 0 Å². The molecular weight excluding hydrogens is 416 g/mol. The molecule has 0 bridgehead atoms. The number of hydrogen-bond acceptors (Lipinski definition) is 8. The Bertz CT molecular complexity index is 1100. The van der Waals surface area contributed by atoms with E-state index in [9.17, 15) is 0 Å². The first-order valence-electron chi connectivity index (χ1n) is 11.9. The van der Waals surface area contributed by atoms with Crippen molar-refractivity contribution in [1.29, 1.82) is 0 Å². The zero-order chi connectivity index (χ0) is 23.0. The zero-order valence-electron chi connectivity index (χ0n) is 20.1. The number of rotatable bonds is 4. The maximum atomic E-state index is 5.49. The van der Waals surface area contributed by atoms with E-state index in [1.807, 2.05) is 29.2 Å². The number of fused-ring (bicyclic) bond motifs is 1. The molecule has 0 radical (unpaired) electrons. The molecule has 3 aromatic heterocycles. The topological polar surface area (TPSA) is 74.9 Å². The molecule has 0 saturated carbocycles. The number of anilines is 3. The van der Waals surface area contributed by atoms with Crippen LogP contribution >= 0.6 is 0 Å². The molecule has 0 aromatic carbocycles. The van der Waals surface area contributed by atoms with Crippen molar-refractivity contribution in [3.05, 3.63) is 36.4 Å². The Balaban J connectivity index is 1.37. The van der Waals surface area contributed by atoms with Crippen LogP contribution in [-0.4, -0.2) is 77.0 Å². The van der Waals surface area contributed by atoms with E-state index in [2.05, 4.69) is 53.6 Å². The lowest BCUT2D eigenvalue weighted by Crippen LogP contribution is -2.47. The fraction of sp³-hybridized carbons (Fsp3) is 0.583. The number of nitrogens with zero attached hydrogens (tertiary/aromatic N) is 8. The van der Waals surface area contributed by atoms with Gasteiger partial charge in [-0.2, -0.15) is 10.1 Å². The van der Waals surface area contributed by atoms with Crippen molar-refractivity contribution in [2.75, 3.05) is 61.1 Å². The predicted octanol–water partition coefficient (Wildman–Crippen LogP) is 2.76. The van der Waals surface area contributed by atoms with Gasteiger partial charge >= 0.3 is 0 Å². The third-order valence-electron chi connectivity index (χ3n) is 6.66. The van der Waals surface area contributed by atoms with Crippen LogP contribution in [0.3, 0.4) is 0 Å². The molecule has 0 aliphatic carbocycles. The van der Waals surface area contributed by atoms with Crippen LogP contribution in [0.25, 0.3) is 5.52 Å². The molecule has 1 atom stereocenters. The van der Waals surface area contributed by atoms with Crippen molar-refractivity contribution in [3.8, 4) is 0 Å². The Morgan fingerprint density at radius 3 is 2.67 bits per heavy atom. The lowest BCUT2D eigenvalue weighted by Gasteiger charge is -2.38. The standard InChI is InChI=1S/C24H34N8O/c1-24(2,3)20-16-19-22(25-9-11-32(19)28-20)31-10-5-6-18(17-31)29(4)23-26-8-7-21(27-23)30-12-14-33-15-13-30/h7-9,11,16,18H,5-6,10,12-15,17H2,1-4H3. The monoisotopic (exact) mass is 450 g/mol. The Morgan fingerprint density at radius 1 is 1.06 bits per heavy atom. The SMILES string of the molecule is CN(c1nccc(N2CCOCC2)n1)C1CCCN(c2nccn3nc(C(C)(C)C)cc23)C1. The Labute approximate surface area is 195 Å². The van der Waals surface area contributed by atoms with Crippen LogP contribution in [0.5, 0.6) is 0 Å². The zero-order valence-corrected chi connectivity index (χ0v) is 20.1. The van der Waals surface area contributed by atoms with Gasteiger partial charge in [0.2, 0.25) is 5.95 Å². The van der Waals surface area contributed by atoms with Crippen molar-refractivity contribution >= 4 is 23.1 Å². The van der Waals surface area contributed by atoms with E-state index in [-0.39, 0.29) is 5.41 Å². The molecule has 0 spiro atoms. The van der Waals surface area contributed by atoms with Crippen LogP contribution in [0, 0.1) is 0 Å². The van der Waals surface area contributed by atoms with Crippen LogP contribution in [0.15, 0.2) is 30.7 Å². The highest BCUT2D eigenvalue weighted by molar-refractivity contribution is 5.69. The molecule has 176 valence electrons. The Kier molecular flexibility index (Phi) is 5.82. The van der Waals surface area contributed by atoms with Crippen molar-refractivity contribution in [3.63, 3.8) is 0 Å². The van der Waals surface area contributed by atoms with Crippen LogP contribution in [0.2, 0.25) is 0 Å². The summed E-state index contributed by atoms with van der Waals surface area (Å²) in [6.45, 7) is 11.7. The van der Waals surface area contributed by atoms with Crippen LogP contribution in [-0.2, 0) is 10.2 Å². The molecule has 5 heterocycles. The van der Waals surface area contributed by atoms with Gasteiger partial charge in [-0.1, -0.05) is 20.8 Å². The van der Waals surface area contributed by atoms with Gasteiger partial charge < -0.3 is 19.4 Å². The summed E-state index contributed by atoms with van der Waals surface area (Å²) in [5.74, 6) is 2.75. The summed E-state index contributed by atoms with van der Waals surface area (Å²) < 4.78 is 7.45. The fourth-order valence-electron chi connectivity index (χ4n) is 4.62. The van der Waals surface area contributed by atoms with Gasteiger partial charge in [-0.05, 0) is 25.0 Å². The van der Waals surface area contributed by atoms with E-state index in [0.29, 0.717) is 6.04 Å². The highest BCUT2D eigenvalue weighted by Gasteiger charge is 2.28. The third-order valence-corrected chi connectivity index (χ3v) is 6.66. The molecular formula is C24H34N8O. The molecule has 2 aliphatic heterocycles. The van der Waals surface area contributed by atoms with E-state index in [1.54, 1.807) is 0 Å². The quantitative estimate of drug-likeness (QED) is 0.601. The molecule has 9 nitrogen and oxygen atoms in total. The Morgan fingerprint density at radius 2 is 1.88 bits per heavy atom. The van der Waals surface area contributed by atoms with Gasteiger partial charge in [0.1, 0.15) is 11.3 Å². The number of morpholine rings is 1. The van der Waals surface area contributed by atoms with Crippen LogP contribution in [0.4, 0.5) is 17.6 Å². The molecule has 0 N–H and O–H groups in total. The summed E-state index contributed by atoms with van der Waals surface area (Å²) in [4.78, 5) is 21.1. The minimum atomic E-state index is -0.00320. The lowest BCUT2D eigenvalue weighted by molar-refractivity contribution is 0.122. The van der Waals surface area contributed by atoms with Crippen molar-refractivity contribution in [2.45, 2.75) is 45.1 Å².